The molecular weight excluding hydrogens is 370 g/mol. The molecule has 0 aliphatic carbocycles. The minimum atomic E-state index is -0.341. The van der Waals surface area contributed by atoms with Crippen molar-refractivity contribution < 1.29 is 19.4 Å². The lowest BCUT2D eigenvalue weighted by Crippen LogP contribution is -2.32. The second-order valence-electron chi connectivity index (χ2n) is 7.05. The summed E-state index contributed by atoms with van der Waals surface area (Å²) in [5.74, 6) is 0.732. The number of phenolic OH excluding ortho intramolecular Hbond substituents is 1. The van der Waals surface area contributed by atoms with Crippen LogP contribution in [0.2, 0.25) is 0 Å². The van der Waals surface area contributed by atoms with Crippen LogP contribution in [0.15, 0.2) is 42.5 Å². The Bertz CT molecular complexity index is 1040. The van der Waals surface area contributed by atoms with Gasteiger partial charge in [0.15, 0.2) is 0 Å². The van der Waals surface area contributed by atoms with Crippen molar-refractivity contribution in [2.45, 2.75) is 13.0 Å². The number of nitrogens with zero attached hydrogens (tertiary/aromatic N) is 2. The van der Waals surface area contributed by atoms with Crippen LogP contribution in [0.1, 0.15) is 33.2 Å². The Hall–Kier alpha value is -3.32. The van der Waals surface area contributed by atoms with E-state index in [1.165, 1.54) is 0 Å². The van der Waals surface area contributed by atoms with Gasteiger partial charge in [-0.25, -0.2) is 0 Å². The summed E-state index contributed by atoms with van der Waals surface area (Å²) in [6.07, 6.45) is 0. The summed E-state index contributed by atoms with van der Waals surface area (Å²) in [7, 11) is 3.23. The number of rotatable bonds is 6. The molecule has 0 radical (unpaired) electrons. The molecule has 2 N–H and O–H groups in total. The van der Waals surface area contributed by atoms with E-state index < -0.39 is 0 Å². The van der Waals surface area contributed by atoms with Crippen molar-refractivity contribution in [3.63, 3.8) is 0 Å². The highest BCUT2D eigenvalue weighted by molar-refractivity contribution is 6.00. The molecule has 2 aromatic carbocycles. The second kappa shape index (κ2) is 7.60. The quantitative estimate of drug-likeness (QED) is 0.671. The van der Waals surface area contributed by atoms with Crippen molar-refractivity contribution in [1.29, 1.82) is 0 Å². The SMILES string of the molecule is COCCN1C(=O)c2[nH]nc(-c3cc(C)ccc3O)c2C1c1ccc(OC)cc1. The van der Waals surface area contributed by atoms with E-state index >= 15 is 0 Å². The highest BCUT2D eigenvalue weighted by Gasteiger charge is 2.42. The molecule has 150 valence electrons. The minimum absolute atomic E-state index is 0.126. The number of fused-ring (bicyclic) bond motifs is 1. The number of aryl methyl sites for hydroxylation is 1. The first-order valence-corrected chi connectivity index (χ1v) is 9.37. The average Bonchev–Trinajstić information content (AvgIpc) is 3.27. The number of amides is 1. The Labute approximate surface area is 168 Å². The van der Waals surface area contributed by atoms with Crippen molar-refractivity contribution in [2.75, 3.05) is 27.4 Å². The monoisotopic (exact) mass is 393 g/mol. The summed E-state index contributed by atoms with van der Waals surface area (Å²) in [5, 5.41) is 17.7. The molecule has 29 heavy (non-hydrogen) atoms. The lowest BCUT2D eigenvalue weighted by atomic mass is 9.95. The molecule has 0 spiro atoms. The van der Waals surface area contributed by atoms with Crippen molar-refractivity contribution in [2.24, 2.45) is 0 Å². The average molecular weight is 393 g/mol. The number of nitrogens with one attached hydrogen (secondary N) is 1. The van der Waals surface area contributed by atoms with Gasteiger partial charge in [0.25, 0.3) is 5.91 Å². The molecule has 7 nitrogen and oxygen atoms in total. The number of benzene rings is 2. The fraction of sp³-hybridized carbons (Fsp3) is 0.273. The van der Waals surface area contributed by atoms with E-state index in [9.17, 15) is 9.90 Å². The fourth-order valence-electron chi connectivity index (χ4n) is 3.79. The van der Waals surface area contributed by atoms with E-state index in [0.29, 0.717) is 30.1 Å². The lowest BCUT2D eigenvalue weighted by Gasteiger charge is -2.26. The number of hydrogen-bond acceptors (Lipinski definition) is 5. The third-order valence-corrected chi connectivity index (χ3v) is 5.24. The Kier molecular flexibility index (Phi) is 4.98. The molecule has 0 fully saturated rings. The normalized spacial score (nSPS) is 15.6. The van der Waals surface area contributed by atoms with E-state index in [1.54, 1.807) is 25.2 Å². The predicted molar refractivity (Wildman–Crippen MR) is 108 cm³/mol. The largest absolute Gasteiger partial charge is 0.507 e. The van der Waals surface area contributed by atoms with E-state index in [4.69, 9.17) is 9.47 Å². The maximum absolute atomic E-state index is 13.1. The number of aromatic nitrogens is 2. The number of ether oxygens (including phenoxy) is 2. The fourth-order valence-corrected chi connectivity index (χ4v) is 3.79. The summed E-state index contributed by atoms with van der Waals surface area (Å²) in [6, 6.07) is 12.6. The van der Waals surface area contributed by atoms with Crippen LogP contribution in [-0.2, 0) is 4.74 Å². The van der Waals surface area contributed by atoms with Gasteiger partial charge in [0, 0.05) is 24.8 Å². The van der Waals surface area contributed by atoms with Gasteiger partial charge in [0.1, 0.15) is 22.9 Å². The van der Waals surface area contributed by atoms with E-state index in [1.807, 2.05) is 43.3 Å². The molecule has 1 aliphatic rings. The molecule has 2 heterocycles. The first-order valence-electron chi connectivity index (χ1n) is 9.37. The van der Waals surface area contributed by atoms with Crippen LogP contribution in [0.25, 0.3) is 11.3 Å². The number of H-pyrrole nitrogens is 1. The number of carbonyl (C=O) groups excluding carboxylic acids is 1. The summed E-state index contributed by atoms with van der Waals surface area (Å²) in [4.78, 5) is 14.9. The zero-order valence-electron chi connectivity index (χ0n) is 16.6. The van der Waals surface area contributed by atoms with Crippen molar-refractivity contribution in [3.8, 4) is 22.8 Å². The first-order chi connectivity index (χ1) is 14.0. The van der Waals surface area contributed by atoms with Gasteiger partial charge in [-0.2, -0.15) is 5.10 Å². The third kappa shape index (κ3) is 3.23. The van der Waals surface area contributed by atoms with Gasteiger partial charge in [-0.1, -0.05) is 23.8 Å². The zero-order chi connectivity index (χ0) is 20.5. The Morgan fingerprint density at radius 3 is 2.62 bits per heavy atom. The van der Waals surface area contributed by atoms with Crippen LogP contribution in [0.4, 0.5) is 0 Å². The molecule has 1 unspecified atom stereocenters. The van der Waals surface area contributed by atoms with Gasteiger partial charge < -0.3 is 19.5 Å². The Morgan fingerprint density at radius 1 is 1.17 bits per heavy atom. The van der Waals surface area contributed by atoms with Crippen LogP contribution in [0.3, 0.4) is 0 Å². The van der Waals surface area contributed by atoms with Crippen molar-refractivity contribution in [3.05, 3.63) is 64.8 Å². The van der Waals surface area contributed by atoms with Gasteiger partial charge in [-0.05, 0) is 36.8 Å². The van der Waals surface area contributed by atoms with Crippen LogP contribution in [0.5, 0.6) is 11.5 Å². The minimum Gasteiger partial charge on any atom is -0.507 e. The van der Waals surface area contributed by atoms with E-state index in [0.717, 1.165) is 22.4 Å². The molecule has 3 aromatic rings. The summed E-state index contributed by atoms with van der Waals surface area (Å²) >= 11 is 0. The number of carbonyl (C=O) groups is 1. The van der Waals surface area contributed by atoms with Crippen LogP contribution in [0, 0.1) is 6.92 Å². The van der Waals surface area contributed by atoms with Crippen LogP contribution >= 0.6 is 0 Å². The van der Waals surface area contributed by atoms with E-state index in [2.05, 4.69) is 10.2 Å². The molecule has 0 saturated carbocycles. The maximum atomic E-state index is 13.1. The van der Waals surface area contributed by atoms with Crippen molar-refractivity contribution >= 4 is 5.91 Å². The van der Waals surface area contributed by atoms with Crippen LogP contribution < -0.4 is 4.74 Å². The lowest BCUT2D eigenvalue weighted by molar-refractivity contribution is 0.0677. The van der Waals surface area contributed by atoms with E-state index in [-0.39, 0.29) is 17.7 Å². The summed E-state index contributed by atoms with van der Waals surface area (Å²) < 4.78 is 10.5. The first kappa shape index (κ1) is 19.0. The Morgan fingerprint density at radius 2 is 1.93 bits per heavy atom. The zero-order valence-corrected chi connectivity index (χ0v) is 16.6. The number of hydrogen-bond donors (Lipinski definition) is 2. The molecule has 1 aromatic heterocycles. The second-order valence-corrected chi connectivity index (χ2v) is 7.05. The van der Waals surface area contributed by atoms with Gasteiger partial charge >= 0.3 is 0 Å². The highest BCUT2D eigenvalue weighted by Crippen LogP contribution is 2.44. The summed E-state index contributed by atoms with van der Waals surface area (Å²) in [5.41, 5.74) is 4.31. The molecule has 1 aliphatic heterocycles. The number of methoxy groups -OCH3 is 2. The molecule has 1 atom stereocenters. The highest BCUT2D eigenvalue weighted by atomic mass is 16.5. The molecule has 1 amide bonds. The Balaban J connectivity index is 1.87. The standard InChI is InChI=1S/C22H23N3O4/c1-13-4-9-17(26)16(12-13)19-18-20(24-23-19)22(27)25(10-11-28-2)21(18)14-5-7-15(29-3)8-6-14/h4-9,12,21,26H,10-11H2,1-3H3,(H,23,24). The van der Waals surface area contributed by atoms with Crippen molar-refractivity contribution in [1.82, 2.24) is 15.1 Å². The predicted octanol–water partition coefficient (Wildman–Crippen LogP) is 3.29. The van der Waals surface area contributed by atoms with Gasteiger partial charge in [0.05, 0.1) is 19.8 Å². The maximum Gasteiger partial charge on any atom is 0.273 e. The topological polar surface area (TPSA) is 87.7 Å². The third-order valence-electron chi connectivity index (χ3n) is 5.24. The van der Waals surface area contributed by atoms with Gasteiger partial charge in [0.2, 0.25) is 0 Å². The molecule has 0 saturated heterocycles. The molecular formula is C22H23N3O4. The molecule has 0 bridgehead atoms. The molecule has 7 heteroatoms. The van der Waals surface area contributed by atoms with Gasteiger partial charge in [-0.3, -0.25) is 9.89 Å². The number of aromatic amines is 1. The number of phenols is 1. The van der Waals surface area contributed by atoms with Gasteiger partial charge in [-0.15, -0.1) is 0 Å². The smallest absolute Gasteiger partial charge is 0.273 e. The van der Waals surface area contributed by atoms with Crippen LogP contribution in [-0.4, -0.2) is 53.5 Å². The molecule has 4 rings (SSSR count). The summed E-state index contributed by atoms with van der Waals surface area (Å²) in [6.45, 7) is 2.81. The number of aromatic hydroxyl groups is 1.